The van der Waals surface area contributed by atoms with Crippen LogP contribution in [0.25, 0.3) is 0 Å². The fourth-order valence-electron chi connectivity index (χ4n) is 2.58. The molecule has 2 rings (SSSR count). The molecule has 0 bridgehead atoms. The third-order valence-electron chi connectivity index (χ3n) is 3.81. The number of ether oxygens (including phenoxy) is 1. The van der Waals surface area contributed by atoms with E-state index < -0.39 is 27.6 Å². The molecule has 0 aliphatic heterocycles. The molecule has 0 heterocycles. The highest BCUT2D eigenvalue weighted by Crippen LogP contribution is 2.29. The van der Waals surface area contributed by atoms with Gasteiger partial charge in [0, 0.05) is 5.92 Å². The van der Waals surface area contributed by atoms with Crippen LogP contribution in [0.4, 0.5) is 0 Å². The van der Waals surface area contributed by atoms with E-state index in [-0.39, 0.29) is 17.3 Å². The van der Waals surface area contributed by atoms with Crippen molar-refractivity contribution in [1.82, 2.24) is 0 Å². The van der Waals surface area contributed by atoms with E-state index in [0.29, 0.717) is 5.56 Å². The van der Waals surface area contributed by atoms with Crippen molar-refractivity contribution in [3.05, 3.63) is 66.2 Å². The summed E-state index contributed by atoms with van der Waals surface area (Å²) >= 11 is 0. The number of carbonyl (C=O) groups excluding carboxylic acids is 1. The number of carbonyl (C=O) groups is 1. The van der Waals surface area contributed by atoms with Crippen molar-refractivity contribution in [1.29, 1.82) is 5.26 Å². The van der Waals surface area contributed by atoms with E-state index >= 15 is 0 Å². The number of rotatable bonds is 7. The van der Waals surface area contributed by atoms with Gasteiger partial charge in [0.15, 0.2) is 15.8 Å². The number of sulfone groups is 1. The summed E-state index contributed by atoms with van der Waals surface area (Å²) in [6, 6.07) is 18.6. The van der Waals surface area contributed by atoms with Crippen molar-refractivity contribution < 1.29 is 17.9 Å². The molecule has 0 fully saturated rings. The van der Waals surface area contributed by atoms with Gasteiger partial charge in [-0.1, -0.05) is 48.5 Å². The van der Waals surface area contributed by atoms with E-state index in [1.54, 1.807) is 55.5 Å². The van der Waals surface area contributed by atoms with Crippen molar-refractivity contribution in [2.24, 2.45) is 5.92 Å². The van der Waals surface area contributed by atoms with Gasteiger partial charge in [0.05, 0.1) is 23.3 Å². The molecule has 0 aliphatic carbocycles. The Morgan fingerprint density at radius 2 is 1.64 bits per heavy atom. The fraction of sp³-hybridized carbons (Fsp3) is 0.263. The van der Waals surface area contributed by atoms with Crippen molar-refractivity contribution in [3.63, 3.8) is 0 Å². The van der Waals surface area contributed by atoms with Crippen molar-refractivity contribution in [2.75, 3.05) is 12.4 Å². The summed E-state index contributed by atoms with van der Waals surface area (Å²) in [5.74, 6) is -3.06. The Hall–Kier alpha value is -2.65. The van der Waals surface area contributed by atoms with Gasteiger partial charge in [0.1, 0.15) is 0 Å². The zero-order valence-corrected chi connectivity index (χ0v) is 14.6. The van der Waals surface area contributed by atoms with Crippen LogP contribution >= 0.6 is 0 Å². The first-order chi connectivity index (χ1) is 12.0. The van der Waals surface area contributed by atoms with E-state index in [1.807, 2.05) is 6.07 Å². The summed E-state index contributed by atoms with van der Waals surface area (Å²) in [4.78, 5) is 12.3. The largest absolute Gasteiger partial charge is 0.465 e. The molecule has 2 unspecified atom stereocenters. The first-order valence-corrected chi connectivity index (χ1v) is 9.54. The third-order valence-corrected chi connectivity index (χ3v) is 5.60. The Balaban J connectivity index is 2.42. The highest BCUT2D eigenvalue weighted by molar-refractivity contribution is 7.91. The Morgan fingerprint density at radius 1 is 1.08 bits per heavy atom. The molecule has 0 aliphatic rings. The summed E-state index contributed by atoms with van der Waals surface area (Å²) in [5.41, 5.74) is 0.613. The van der Waals surface area contributed by atoms with Gasteiger partial charge in [-0.15, -0.1) is 0 Å². The quantitative estimate of drug-likeness (QED) is 0.711. The van der Waals surface area contributed by atoms with Crippen LogP contribution in [-0.4, -0.2) is 26.7 Å². The third kappa shape index (κ3) is 4.68. The highest BCUT2D eigenvalue weighted by atomic mass is 32.2. The Kier molecular flexibility index (Phi) is 6.31. The van der Waals surface area contributed by atoms with Crippen molar-refractivity contribution in [3.8, 4) is 6.07 Å². The molecule has 2 atom stereocenters. The maximum absolute atomic E-state index is 12.8. The summed E-state index contributed by atoms with van der Waals surface area (Å²) in [5, 5.41) is 9.48. The van der Waals surface area contributed by atoms with Gasteiger partial charge in [-0.2, -0.15) is 5.26 Å². The first-order valence-electron chi connectivity index (χ1n) is 7.88. The molecule has 0 saturated carbocycles. The first kappa shape index (κ1) is 18.7. The summed E-state index contributed by atoms with van der Waals surface area (Å²) in [7, 11) is -3.67. The zero-order chi connectivity index (χ0) is 18.3. The Bertz CT molecular complexity index is 842. The molecule has 0 saturated heterocycles. The predicted molar refractivity (Wildman–Crippen MR) is 93.4 cm³/mol. The smallest absolute Gasteiger partial charge is 0.323 e. The van der Waals surface area contributed by atoms with Crippen LogP contribution in [0.2, 0.25) is 0 Å². The standard InChI is InChI=1S/C19H19NO4S/c1-2-24-19(21)17(13-20)18(15-9-5-3-6-10-15)14-25(22,23)16-11-7-4-8-12-16/h3-12,17-18H,2,14H2,1H3. The molecule has 0 radical (unpaired) electrons. The topological polar surface area (TPSA) is 84.2 Å². The van der Waals surface area contributed by atoms with Crippen molar-refractivity contribution >= 4 is 15.8 Å². The lowest BCUT2D eigenvalue weighted by molar-refractivity contribution is -0.146. The number of hydrogen-bond acceptors (Lipinski definition) is 5. The molecule has 130 valence electrons. The lowest BCUT2D eigenvalue weighted by atomic mass is 9.88. The molecule has 0 amide bonds. The highest BCUT2D eigenvalue weighted by Gasteiger charge is 2.35. The summed E-state index contributed by atoms with van der Waals surface area (Å²) in [6.07, 6.45) is 0. The van der Waals surface area contributed by atoms with E-state index in [2.05, 4.69) is 0 Å². The number of benzene rings is 2. The maximum atomic E-state index is 12.8. The van der Waals surface area contributed by atoms with Gasteiger partial charge >= 0.3 is 5.97 Å². The molecular formula is C19H19NO4S. The number of nitriles is 1. The summed E-state index contributed by atoms with van der Waals surface area (Å²) in [6.45, 7) is 1.77. The van der Waals surface area contributed by atoms with Gasteiger partial charge in [-0.3, -0.25) is 4.79 Å². The molecule has 0 N–H and O–H groups in total. The minimum absolute atomic E-state index is 0.129. The lowest BCUT2D eigenvalue weighted by Gasteiger charge is -2.21. The van der Waals surface area contributed by atoms with E-state index in [9.17, 15) is 18.5 Å². The second-order valence-corrected chi connectivity index (χ2v) is 7.50. The van der Waals surface area contributed by atoms with Gasteiger partial charge in [0.2, 0.25) is 0 Å². The molecule has 2 aromatic carbocycles. The Labute approximate surface area is 147 Å². The minimum Gasteiger partial charge on any atom is -0.465 e. The molecule has 5 nitrogen and oxygen atoms in total. The monoisotopic (exact) mass is 357 g/mol. The van der Waals surface area contributed by atoms with E-state index in [4.69, 9.17) is 4.74 Å². The SMILES string of the molecule is CCOC(=O)C(C#N)C(CS(=O)(=O)c1ccccc1)c1ccccc1. The second-order valence-electron chi connectivity index (χ2n) is 5.47. The van der Waals surface area contributed by atoms with Crippen LogP contribution in [0.15, 0.2) is 65.6 Å². The minimum atomic E-state index is -3.67. The Morgan fingerprint density at radius 3 is 2.16 bits per heavy atom. The molecule has 6 heteroatoms. The number of nitrogens with zero attached hydrogens (tertiary/aromatic N) is 1. The number of esters is 1. The summed E-state index contributed by atoms with van der Waals surface area (Å²) < 4.78 is 30.5. The van der Waals surface area contributed by atoms with Crippen LogP contribution < -0.4 is 0 Å². The van der Waals surface area contributed by atoms with Crippen LogP contribution in [0.5, 0.6) is 0 Å². The van der Waals surface area contributed by atoms with Gasteiger partial charge in [-0.05, 0) is 24.6 Å². The average molecular weight is 357 g/mol. The molecule has 25 heavy (non-hydrogen) atoms. The van der Waals surface area contributed by atoms with E-state index in [1.165, 1.54) is 12.1 Å². The van der Waals surface area contributed by atoms with Crippen LogP contribution in [0.1, 0.15) is 18.4 Å². The predicted octanol–water partition coefficient (Wildman–Crippen LogP) is 2.95. The van der Waals surface area contributed by atoms with Crippen LogP contribution in [0.3, 0.4) is 0 Å². The molecule has 0 aromatic heterocycles. The maximum Gasteiger partial charge on any atom is 0.323 e. The molecular weight excluding hydrogens is 338 g/mol. The van der Waals surface area contributed by atoms with E-state index in [0.717, 1.165) is 0 Å². The molecule has 0 spiro atoms. The zero-order valence-electron chi connectivity index (χ0n) is 13.8. The second kappa shape index (κ2) is 8.45. The van der Waals surface area contributed by atoms with Crippen LogP contribution in [0, 0.1) is 17.2 Å². The average Bonchev–Trinajstić information content (AvgIpc) is 2.63. The lowest BCUT2D eigenvalue weighted by Crippen LogP contribution is -2.28. The normalized spacial score (nSPS) is 13.4. The van der Waals surface area contributed by atoms with Gasteiger partial charge in [-0.25, -0.2) is 8.42 Å². The number of hydrogen-bond donors (Lipinski definition) is 0. The molecule has 2 aromatic rings. The van der Waals surface area contributed by atoms with Gasteiger partial charge < -0.3 is 4.74 Å². The fourth-order valence-corrected chi connectivity index (χ4v) is 4.21. The van der Waals surface area contributed by atoms with Gasteiger partial charge in [0.25, 0.3) is 0 Å². The van der Waals surface area contributed by atoms with Crippen LogP contribution in [-0.2, 0) is 19.4 Å². The van der Waals surface area contributed by atoms with Crippen molar-refractivity contribution in [2.45, 2.75) is 17.7 Å².